The molecule has 1 saturated heterocycles. The van der Waals surface area contributed by atoms with Crippen molar-refractivity contribution in [2.24, 2.45) is 7.05 Å². The van der Waals surface area contributed by atoms with Crippen LogP contribution in [0.1, 0.15) is 10.5 Å². The second-order valence-corrected chi connectivity index (χ2v) is 9.02. The highest BCUT2D eigenvalue weighted by molar-refractivity contribution is 6.02. The van der Waals surface area contributed by atoms with Gasteiger partial charge in [0.05, 0.1) is 17.2 Å². The van der Waals surface area contributed by atoms with Gasteiger partial charge in [0, 0.05) is 63.2 Å². The lowest BCUT2D eigenvalue weighted by atomic mass is 10.0. The van der Waals surface area contributed by atoms with Gasteiger partial charge in [-0.3, -0.25) is 19.4 Å². The minimum Gasteiger partial charge on any atom is -0.368 e. The lowest BCUT2D eigenvalue weighted by molar-refractivity contribution is 0.102. The largest absolute Gasteiger partial charge is 0.368 e. The van der Waals surface area contributed by atoms with E-state index in [0.29, 0.717) is 11.4 Å². The number of amides is 1. The van der Waals surface area contributed by atoms with E-state index in [2.05, 4.69) is 36.2 Å². The van der Waals surface area contributed by atoms with Crippen molar-refractivity contribution in [1.82, 2.24) is 24.7 Å². The third-order valence-corrected chi connectivity index (χ3v) is 6.58. The molecule has 1 amide bonds. The van der Waals surface area contributed by atoms with Gasteiger partial charge in [-0.1, -0.05) is 18.2 Å². The summed E-state index contributed by atoms with van der Waals surface area (Å²) in [5.74, 6) is 0.662. The van der Waals surface area contributed by atoms with E-state index in [1.165, 1.54) is 5.69 Å². The van der Waals surface area contributed by atoms with Gasteiger partial charge in [0.15, 0.2) is 5.69 Å². The fraction of sp³-hybridized carbons (Fsp3) is 0.179. The Labute approximate surface area is 214 Å². The molecule has 1 aliphatic rings. The number of fused-ring (bicyclic) bond motifs is 1. The lowest BCUT2D eigenvalue weighted by Crippen LogP contribution is -2.46. The summed E-state index contributed by atoms with van der Waals surface area (Å²) in [5, 5.41) is 7.03. The number of nitrogens with one attached hydrogen (secondary N) is 1. The van der Waals surface area contributed by atoms with Crippen LogP contribution in [0.25, 0.3) is 22.2 Å². The Balaban J connectivity index is 1.16. The van der Waals surface area contributed by atoms with E-state index in [0.717, 1.165) is 54.2 Å². The topological polar surface area (TPSA) is 92.1 Å². The first kappa shape index (κ1) is 22.7. The van der Waals surface area contributed by atoms with Gasteiger partial charge < -0.3 is 15.1 Å². The van der Waals surface area contributed by atoms with Crippen molar-refractivity contribution in [2.45, 2.75) is 0 Å². The Bertz CT molecular complexity index is 1540. The van der Waals surface area contributed by atoms with Gasteiger partial charge in [-0.15, -0.1) is 0 Å². The Kier molecular flexibility index (Phi) is 5.94. The van der Waals surface area contributed by atoms with Crippen LogP contribution in [0, 0.1) is 0 Å². The maximum atomic E-state index is 12.4. The molecule has 0 aliphatic carbocycles. The van der Waals surface area contributed by atoms with Crippen LogP contribution in [0.15, 0.2) is 85.5 Å². The molecule has 0 unspecified atom stereocenters. The molecule has 2 aromatic carbocycles. The highest BCUT2D eigenvalue weighted by atomic mass is 16.1. The molecule has 1 aliphatic heterocycles. The molecular weight excluding hydrogens is 464 g/mol. The summed E-state index contributed by atoms with van der Waals surface area (Å²) in [6, 6.07) is 19.7. The number of aromatic nitrogens is 5. The summed E-state index contributed by atoms with van der Waals surface area (Å²) >= 11 is 0. The second kappa shape index (κ2) is 9.69. The number of pyridine rings is 1. The van der Waals surface area contributed by atoms with E-state index in [1.807, 2.05) is 67.1 Å². The van der Waals surface area contributed by atoms with Gasteiger partial charge >= 0.3 is 0 Å². The van der Waals surface area contributed by atoms with Gasteiger partial charge in [0.1, 0.15) is 5.82 Å². The predicted molar refractivity (Wildman–Crippen MR) is 145 cm³/mol. The molecule has 0 saturated carbocycles. The molecule has 0 radical (unpaired) electrons. The molecule has 9 heteroatoms. The van der Waals surface area contributed by atoms with Gasteiger partial charge in [-0.2, -0.15) is 5.10 Å². The van der Waals surface area contributed by atoms with E-state index >= 15 is 0 Å². The highest BCUT2D eigenvalue weighted by Crippen LogP contribution is 2.26. The molecule has 1 N–H and O–H groups in total. The van der Waals surface area contributed by atoms with E-state index in [4.69, 9.17) is 4.98 Å². The first-order valence-corrected chi connectivity index (χ1v) is 12.2. The number of hydrogen-bond donors (Lipinski definition) is 1. The summed E-state index contributed by atoms with van der Waals surface area (Å²) < 4.78 is 1.61. The summed E-state index contributed by atoms with van der Waals surface area (Å²) in [6.45, 7) is 3.61. The Morgan fingerprint density at radius 2 is 1.57 bits per heavy atom. The molecule has 37 heavy (non-hydrogen) atoms. The fourth-order valence-corrected chi connectivity index (χ4v) is 4.56. The zero-order valence-electron chi connectivity index (χ0n) is 20.5. The van der Waals surface area contributed by atoms with Gasteiger partial charge in [-0.25, -0.2) is 4.98 Å². The number of carbonyl (C=O) groups is 1. The summed E-state index contributed by atoms with van der Waals surface area (Å²) in [5.41, 5.74) is 6.11. The van der Waals surface area contributed by atoms with Crippen LogP contribution < -0.4 is 15.1 Å². The van der Waals surface area contributed by atoms with Crippen LogP contribution in [0.4, 0.5) is 17.2 Å². The summed E-state index contributed by atoms with van der Waals surface area (Å²) in [4.78, 5) is 30.7. The SMILES string of the molecule is Cn1ccc(C(=O)Nc2ccc(-c3ccc4ncc(N5CCN(c6ccncc6)CC5)nc4c3)cc2)n1. The monoisotopic (exact) mass is 490 g/mol. The van der Waals surface area contributed by atoms with E-state index in [1.54, 1.807) is 24.0 Å². The smallest absolute Gasteiger partial charge is 0.276 e. The van der Waals surface area contributed by atoms with E-state index in [9.17, 15) is 4.79 Å². The van der Waals surface area contributed by atoms with Crippen molar-refractivity contribution in [3.8, 4) is 11.1 Å². The average Bonchev–Trinajstić information content (AvgIpc) is 3.40. The number of carbonyl (C=O) groups excluding carboxylic acids is 1. The van der Waals surface area contributed by atoms with Crippen molar-refractivity contribution >= 4 is 34.1 Å². The molecule has 0 spiro atoms. The molecule has 184 valence electrons. The zero-order valence-corrected chi connectivity index (χ0v) is 20.5. The third kappa shape index (κ3) is 4.84. The number of piperazine rings is 1. The molecule has 1 fully saturated rings. The molecule has 5 aromatic rings. The number of rotatable bonds is 5. The van der Waals surface area contributed by atoms with Crippen LogP contribution >= 0.6 is 0 Å². The Morgan fingerprint density at radius 3 is 2.30 bits per heavy atom. The van der Waals surface area contributed by atoms with Crippen LogP contribution in [-0.4, -0.2) is 56.8 Å². The average molecular weight is 491 g/mol. The number of aryl methyl sites for hydroxylation is 1. The Morgan fingerprint density at radius 1 is 0.838 bits per heavy atom. The maximum absolute atomic E-state index is 12.4. The normalized spacial score (nSPS) is 13.6. The molecule has 3 aromatic heterocycles. The molecular formula is C28H26N8O. The predicted octanol–water partition coefficient (Wildman–Crippen LogP) is 4.00. The molecule has 4 heterocycles. The van der Waals surface area contributed by atoms with Gasteiger partial charge in [0.25, 0.3) is 5.91 Å². The van der Waals surface area contributed by atoms with Crippen molar-refractivity contribution in [3.63, 3.8) is 0 Å². The van der Waals surface area contributed by atoms with Crippen molar-refractivity contribution < 1.29 is 4.79 Å². The van der Waals surface area contributed by atoms with Crippen LogP contribution in [0.2, 0.25) is 0 Å². The molecule has 9 nitrogen and oxygen atoms in total. The zero-order chi connectivity index (χ0) is 25.2. The molecule has 6 rings (SSSR count). The standard InChI is InChI=1S/C28H26N8O/c1-34-13-10-25(33-34)28(37)31-22-5-2-20(3-6-22)21-4-7-24-26(18-21)32-27(19-30-24)36-16-14-35(15-17-36)23-8-11-29-12-9-23/h2-13,18-19H,14-17H2,1H3,(H,31,37). The van der Waals surface area contributed by atoms with E-state index < -0.39 is 0 Å². The van der Waals surface area contributed by atoms with Gasteiger partial charge in [-0.05, 0) is 53.6 Å². The summed E-state index contributed by atoms with van der Waals surface area (Å²) in [7, 11) is 1.78. The van der Waals surface area contributed by atoms with Crippen molar-refractivity contribution in [3.05, 3.63) is 91.1 Å². The first-order chi connectivity index (χ1) is 18.1. The van der Waals surface area contributed by atoms with E-state index in [-0.39, 0.29) is 5.91 Å². The lowest BCUT2D eigenvalue weighted by Gasteiger charge is -2.36. The summed E-state index contributed by atoms with van der Waals surface area (Å²) in [6.07, 6.45) is 7.28. The first-order valence-electron chi connectivity index (χ1n) is 12.2. The minimum atomic E-state index is -0.233. The quantitative estimate of drug-likeness (QED) is 0.398. The third-order valence-electron chi connectivity index (χ3n) is 6.58. The van der Waals surface area contributed by atoms with Gasteiger partial charge in [0.2, 0.25) is 0 Å². The minimum absolute atomic E-state index is 0.233. The Hall–Kier alpha value is -4.79. The van der Waals surface area contributed by atoms with Crippen molar-refractivity contribution in [1.29, 1.82) is 0 Å². The number of benzene rings is 2. The maximum Gasteiger partial charge on any atom is 0.276 e. The van der Waals surface area contributed by atoms with Crippen LogP contribution in [0.5, 0.6) is 0 Å². The number of hydrogen-bond acceptors (Lipinski definition) is 7. The highest BCUT2D eigenvalue weighted by Gasteiger charge is 2.19. The van der Waals surface area contributed by atoms with Crippen LogP contribution in [0.3, 0.4) is 0 Å². The van der Waals surface area contributed by atoms with Crippen molar-refractivity contribution in [2.75, 3.05) is 41.3 Å². The second-order valence-electron chi connectivity index (χ2n) is 9.02. The number of anilines is 3. The van der Waals surface area contributed by atoms with Crippen LogP contribution in [-0.2, 0) is 7.05 Å². The molecule has 0 atom stereocenters. The fourth-order valence-electron chi connectivity index (χ4n) is 4.56. The molecule has 0 bridgehead atoms. The number of nitrogens with zero attached hydrogens (tertiary/aromatic N) is 7.